The van der Waals surface area contributed by atoms with E-state index in [4.69, 9.17) is 0 Å². The Labute approximate surface area is 125 Å². The second kappa shape index (κ2) is 5.80. The van der Waals surface area contributed by atoms with Gasteiger partial charge in [-0.25, -0.2) is 0 Å². The molecule has 0 aliphatic carbocycles. The third kappa shape index (κ3) is 4.03. The summed E-state index contributed by atoms with van der Waals surface area (Å²) in [5.74, 6) is 0. The third-order valence-electron chi connectivity index (χ3n) is 1.92. The van der Waals surface area contributed by atoms with Crippen molar-refractivity contribution in [3.05, 3.63) is 12.4 Å². The molecule has 0 fully saturated rings. The molecule has 0 unspecified atom stereocenters. The molecule has 1 rings (SSSR count). The lowest BCUT2D eigenvalue weighted by Crippen LogP contribution is -2.20. The molecule has 1 heterocycles. The molecular formula is C8H11Br4NP2. The Morgan fingerprint density at radius 1 is 0.933 bits per heavy atom. The molecule has 0 bridgehead atoms. The Kier molecular flexibility index (Phi) is 5.85. The molecule has 0 aromatic carbocycles. The van der Waals surface area contributed by atoms with E-state index in [0.717, 1.165) is 0 Å². The smallest absolute Gasteiger partial charge is 0.0677 e. The van der Waals surface area contributed by atoms with Crippen LogP contribution in [0.5, 0.6) is 0 Å². The average Bonchev–Trinajstić information content (AvgIpc) is 2.45. The van der Waals surface area contributed by atoms with Crippen molar-refractivity contribution in [2.45, 2.75) is 26.3 Å². The van der Waals surface area contributed by atoms with Crippen molar-refractivity contribution >= 4 is 83.2 Å². The highest BCUT2D eigenvalue weighted by Gasteiger charge is 2.21. The Balaban J connectivity index is 3.21. The van der Waals surface area contributed by atoms with Crippen LogP contribution >= 0.6 is 72.6 Å². The number of halogens is 4. The number of rotatable bonds is 2. The van der Waals surface area contributed by atoms with E-state index < -0.39 is 10.7 Å². The van der Waals surface area contributed by atoms with Crippen molar-refractivity contribution in [2.24, 2.45) is 0 Å². The minimum absolute atomic E-state index is 0.129. The molecular weight excluding hydrogens is 492 g/mol. The maximum Gasteiger partial charge on any atom is 0.0677 e. The molecule has 7 heteroatoms. The molecule has 0 radical (unpaired) electrons. The monoisotopic (exact) mass is 499 g/mol. The maximum absolute atomic E-state index is 3.62. The van der Waals surface area contributed by atoms with Crippen molar-refractivity contribution < 1.29 is 0 Å². The lowest BCUT2D eigenvalue weighted by Gasteiger charge is -2.20. The van der Waals surface area contributed by atoms with E-state index in [1.54, 1.807) is 0 Å². The first-order valence-corrected chi connectivity index (χ1v) is 14.9. The Morgan fingerprint density at radius 3 is 1.47 bits per heavy atom. The first-order valence-electron chi connectivity index (χ1n) is 4.19. The van der Waals surface area contributed by atoms with Gasteiger partial charge in [0, 0.05) is 28.5 Å². The summed E-state index contributed by atoms with van der Waals surface area (Å²) in [7, 11) is 0. The number of hydrogen-bond acceptors (Lipinski definition) is 0. The molecule has 0 spiro atoms. The van der Waals surface area contributed by atoms with Gasteiger partial charge in [0.05, 0.1) is 10.7 Å². The molecule has 0 amide bonds. The quantitative estimate of drug-likeness (QED) is 0.458. The van der Waals surface area contributed by atoms with Crippen molar-refractivity contribution in [1.29, 1.82) is 0 Å². The summed E-state index contributed by atoms with van der Waals surface area (Å²) in [4.78, 5) is 0. The van der Waals surface area contributed by atoms with E-state index in [0.29, 0.717) is 0 Å². The van der Waals surface area contributed by atoms with Crippen molar-refractivity contribution in [3.63, 3.8) is 0 Å². The van der Waals surface area contributed by atoms with Gasteiger partial charge < -0.3 is 4.57 Å². The summed E-state index contributed by atoms with van der Waals surface area (Å²) in [5.41, 5.74) is 0.129. The molecule has 0 atom stereocenters. The molecule has 1 aromatic heterocycles. The third-order valence-corrected chi connectivity index (χ3v) is 8.13. The van der Waals surface area contributed by atoms with Gasteiger partial charge in [0.25, 0.3) is 0 Å². The SMILES string of the molecule is CC(C)(C)n1cc(P(Br)Br)c(P(Br)Br)c1. The molecule has 1 nitrogen and oxygen atoms in total. The van der Waals surface area contributed by atoms with Crippen molar-refractivity contribution in [1.82, 2.24) is 4.57 Å². The predicted octanol–water partition coefficient (Wildman–Crippen LogP) is 5.70. The van der Waals surface area contributed by atoms with Gasteiger partial charge in [-0.1, -0.05) is 0 Å². The van der Waals surface area contributed by atoms with Crippen LogP contribution in [0.15, 0.2) is 12.4 Å². The molecule has 0 saturated carbocycles. The van der Waals surface area contributed by atoms with E-state index >= 15 is 0 Å². The summed E-state index contributed by atoms with van der Waals surface area (Å²) in [6.07, 6.45) is 4.42. The Bertz CT molecular complexity index is 317. The fraction of sp³-hybridized carbons (Fsp3) is 0.500. The second-order valence-electron chi connectivity index (χ2n) is 4.07. The summed E-state index contributed by atoms with van der Waals surface area (Å²) in [6.45, 7) is 6.61. The molecule has 0 aliphatic rings. The van der Waals surface area contributed by atoms with Crippen LogP contribution < -0.4 is 10.6 Å². The van der Waals surface area contributed by atoms with Crippen LogP contribution in [0.1, 0.15) is 20.8 Å². The van der Waals surface area contributed by atoms with Crippen LogP contribution in [0.2, 0.25) is 0 Å². The Morgan fingerprint density at radius 2 is 1.27 bits per heavy atom. The predicted molar refractivity (Wildman–Crippen MR) is 88.2 cm³/mol. The van der Waals surface area contributed by atoms with Crippen molar-refractivity contribution in [3.8, 4) is 0 Å². The van der Waals surface area contributed by atoms with Gasteiger partial charge in [0.15, 0.2) is 0 Å². The molecule has 0 aliphatic heterocycles. The van der Waals surface area contributed by atoms with Crippen LogP contribution in [0.4, 0.5) is 0 Å². The van der Waals surface area contributed by atoms with E-state index in [1.165, 1.54) is 10.6 Å². The van der Waals surface area contributed by atoms with Gasteiger partial charge in [0.1, 0.15) is 0 Å². The maximum atomic E-state index is 3.62. The molecule has 15 heavy (non-hydrogen) atoms. The molecule has 0 N–H and O–H groups in total. The second-order valence-corrected chi connectivity index (χ2v) is 20.2. The van der Waals surface area contributed by atoms with Crippen molar-refractivity contribution in [2.75, 3.05) is 0 Å². The zero-order valence-electron chi connectivity index (χ0n) is 8.51. The highest BCUT2D eigenvalue weighted by atomic mass is 79.9. The summed E-state index contributed by atoms with van der Waals surface area (Å²) < 4.78 is 2.26. The summed E-state index contributed by atoms with van der Waals surface area (Å²) >= 11 is 14.5. The van der Waals surface area contributed by atoms with E-state index in [-0.39, 0.29) is 5.54 Å². The minimum Gasteiger partial charge on any atom is -0.348 e. The van der Waals surface area contributed by atoms with E-state index in [9.17, 15) is 0 Å². The van der Waals surface area contributed by atoms with Crippen LogP contribution in [0.3, 0.4) is 0 Å². The van der Waals surface area contributed by atoms with Gasteiger partial charge in [0.2, 0.25) is 0 Å². The lowest BCUT2D eigenvalue weighted by molar-refractivity contribution is 0.399. The van der Waals surface area contributed by atoms with Crippen LogP contribution in [-0.4, -0.2) is 4.57 Å². The van der Waals surface area contributed by atoms with E-state index in [2.05, 4.69) is 99.7 Å². The van der Waals surface area contributed by atoms with Crippen LogP contribution in [-0.2, 0) is 5.54 Å². The highest BCUT2D eigenvalue weighted by molar-refractivity contribution is 9.71. The Hall–Kier alpha value is 2.06. The van der Waals surface area contributed by atoms with Gasteiger partial charge in [-0.3, -0.25) is 0 Å². The van der Waals surface area contributed by atoms with Gasteiger partial charge in [-0.05, 0) is 82.7 Å². The molecule has 86 valence electrons. The zero-order valence-corrected chi connectivity index (χ0v) is 16.6. The first kappa shape index (κ1) is 15.1. The number of hydrogen-bond donors (Lipinski definition) is 0. The van der Waals surface area contributed by atoms with E-state index in [1.807, 2.05) is 0 Å². The zero-order chi connectivity index (χ0) is 11.8. The normalized spacial score (nSPS) is 12.9. The lowest BCUT2D eigenvalue weighted by atomic mass is 10.1. The minimum atomic E-state index is -0.415. The largest absolute Gasteiger partial charge is 0.348 e. The average molecular weight is 503 g/mol. The van der Waals surface area contributed by atoms with Crippen LogP contribution in [0, 0.1) is 0 Å². The number of aromatic nitrogens is 1. The standard InChI is InChI=1S/C8H11Br4NP2/c1-8(2,3)13-4-6(14(9)10)7(5-13)15(11)12/h4-5H,1-3H3. The molecule has 1 aromatic rings. The first-order chi connectivity index (χ1) is 6.73. The number of nitrogens with zero attached hydrogens (tertiary/aromatic N) is 1. The fourth-order valence-electron chi connectivity index (χ4n) is 1.08. The highest BCUT2D eigenvalue weighted by Crippen LogP contribution is 2.56. The molecule has 0 saturated heterocycles. The summed E-state index contributed by atoms with van der Waals surface area (Å²) in [5, 5.41) is 1.84. The topological polar surface area (TPSA) is 4.93 Å². The summed E-state index contributed by atoms with van der Waals surface area (Å²) in [6, 6.07) is 0. The van der Waals surface area contributed by atoms with Gasteiger partial charge in [-0.2, -0.15) is 0 Å². The van der Waals surface area contributed by atoms with Gasteiger partial charge in [-0.15, -0.1) is 0 Å². The van der Waals surface area contributed by atoms with Crippen LogP contribution in [0.25, 0.3) is 0 Å². The fourth-order valence-corrected chi connectivity index (χ4v) is 7.60. The van der Waals surface area contributed by atoms with Gasteiger partial charge >= 0.3 is 0 Å².